The summed E-state index contributed by atoms with van der Waals surface area (Å²) in [5.74, 6) is -0.728. The van der Waals surface area contributed by atoms with Gasteiger partial charge >= 0.3 is 5.97 Å². The Bertz CT molecular complexity index is 531. The molecule has 108 valence electrons. The monoisotopic (exact) mass is 280 g/mol. The number of ether oxygens (including phenoxy) is 1. The molecule has 0 amide bonds. The Morgan fingerprint density at radius 2 is 2.20 bits per heavy atom. The van der Waals surface area contributed by atoms with Crippen LogP contribution < -0.4 is 10.1 Å². The number of carboxylic acids is 1. The van der Waals surface area contributed by atoms with Crippen LogP contribution in [0.5, 0.6) is 5.75 Å². The van der Waals surface area contributed by atoms with E-state index in [0.717, 1.165) is 6.42 Å². The number of non-ortho nitro benzene ring substituents is 1. The van der Waals surface area contributed by atoms with E-state index in [1.807, 2.05) is 0 Å². The first-order valence-corrected chi connectivity index (χ1v) is 6.32. The summed E-state index contributed by atoms with van der Waals surface area (Å²) in [6.07, 6.45) is 1.89. The summed E-state index contributed by atoms with van der Waals surface area (Å²) in [7, 11) is 1.44. The second-order valence-electron chi connectivity index (χ2n) is 4.87. The van der Waals surface area contributed by atoms with Crippen molar-refractivity contribution in [2.75, 3.05) is 12.4 Å². The molecule has 7 nitrogen and oxygen atoms in total. The van der Waals surface area contributed by atoms with E-state index in [9.17, 15) is 14.9 Å². The van der Waals surface area contributed by atoms with E-state index in [0.29, 0.717) is 24.3 Å². The van der Waals surface area contributed by atoms with Crippen molar-refractivity contribution in [2.24, 2.45) is 5.92 Å². The van der Waals surface area contributed by atoms with Gasteiger partial charge in [0, 0.05) is 23.9 Å². The minimum atomic E-state index is -0.786. The zero-order chi connectivity index (χ0) is 14.7. The number of hydrogen-bond donors (Lipinski definition) is 2. The lowest BCUT2D eigenvalue weighted by molar-refractivity contribution is -0.384. The van der Waals surface area contributed by atoms with Crippen LogP contribution in [0.25, 0.3) is 0 Å². The topological polar surface area (TPSA) is 102 Å². The Labute approximate surface area is 115 Å². The molecule has 1 saturated carbocycles. The molecule has 1 aromatic rings. The second-order valence-corrected chi connectivity index (χ2v) is 4.87. The predicted molar refractivity (Wildman–Crippen MR) is 72.0 cm³/mol. The molecule has 0 heterocycles. The fourth-order valence-corrected chi connectivity index (χ4v) is 2.46. The maximum atomic E-state index is 10.9. The highest BCUT2D eigenvalue weighted by Gasteiger charge is 2.29. The molecule has 0 unspecified atom stereocenters. The first-order valence-electron chi connectivity index (χ1n) is 6.32. The zero-order valence-corrected chi connectivity index (χ0v) is 11.0. The molecule has 0 radical (unpaired) electrons. The summed E-state index contributed by atoms with van der Waals surface area (Å²) in [4.78, 5) is 21.3. The van der Waals surface area contributed by atoms with Crippen molar-refractivity contribution in [1.29, 1.82) is 0 Å². The highest BCUT2D eigenvalue weighted by atomic mass is 16.6. The Kier molecular flexibility index (Phi) is 4.07. The van der Waals surface area contributed by atoms with Crippen molar-refractivity contribution < 1.29 is 19.6 Å². The molecular formula is C13H16N2O5. The Morgan fingerprint density at radius 3 is 2.75 bits per heavy atom. The van der Waals surface area contributed by atoms with Gasteiger partial charge in [0.25, 0.3) is 5.69 Å². The molecule has 2 atom stereocenters. The molecule has 1 aliphatic rings. The number of hydrogen-bond acceptors (Lipinski definition) is 5. The number of carbonyl (C=O) groups is 1. The molecule has 1 fully saturated rings. The lowest BCUT2D eigenvalue weighted by Gasteiger charge is -2.14. The molecule has 1 aliphatic carbocycles. The number of aliphatic carboxylic acids is 1. The summed E-state index contributed by atoms with van der Waals surface area (Å²) in [6.45, 7) is 0. The molecule has 0 aliphatic heterocycles. The third-order valence-corrected chi connectivity index (χ3v) is 3.49. The first-order chi connectivity index (χ1) is 9.49. The third kappa shape index (κ3) is 3.17. The molecular weight excluding hydrogens is 264 g/mol. The van der Waals surface area contributed by atoms with Crippen molar-refractivity contribution in [1.82, 2.24) is 0 Å². The van der Waals surface area contributed by atoms with Crippen LogP contribution in [-0.2, 0) is 4.79 Å². The second kappa shape index (κ2) is 5.77. The van der Waals surface area contributed by atoms with Gasteiger partial charge in [-0.2, -0.15) is 0 Å². The number of nitro groups is 1. The molecule has 0 spiro atoms. The number of benzene rings is 1. The normalized spacial score (nSPS) is 21.4. The SMILES string of the molecule is COc1cc(N[C@H]2CC[C@@H](C(=O)O)C2)cc([N+](=O)[O-])c1. The van der Waals surface area contributed by atoms with E-state index < -0.39 is 10.9 Å². The first kappa shape index (κ1) is 14.1. The largest absolute Gasteiger partial charge is 0.496 e. The quantitative estimate of drug-likeness (QED) is 0.633. The van der Waals surface area contributed by atoms with Gasteiger partial charge in [-0.25, -0.2) is 0 Å². The Balaban J connectivity index is 2.11. The van der Waals surface area contributed by atoms with Crippen LogP contribution >= 0.6 is 0 Å². The van der Waals surface area contributed by atoms with Crippen LogP contribution in [0.3, 0.4) is 0 Å². The highest BCUT2D eigenvalue weighted by Crippen LogP contribution is 2.31. The maximum absolute atomic E-state index is 10.9. The Morgan fingerprint density at radius 1 is 1.45 bits per heavy atom. The van der Waals surface area contributed by atoms with Gasteiger partial charge in [-0.05, 0) is 19.3 Å². The lowest BCUT2D eigenvalue weighted by atomic mass is 10.1. The molecule has 2 rings (SSSR count). The van der Waals surface area contributed by atoms with Gasteiger partial charge in [-0.3, -0.25) is 14.9 Å². The van der Waals surface area contributed by atoms with Crippen molar-refractivity contribution in [2.45, 2.75) is 25.3 Å². The van der Waals surface area contributed by atoms with Crippen LogP contribution in [0.1, 0.15) is 19.3 Å². The number of methoxy groups -OCH3 is 1. The van der Waals surface area contributed by atoms with Gasteiger partial charge < -0.3 is 15.2 Å². The average Bonchev–Trinajstić information content (AvgIpc) is 2.87. The molecule has 0 aromatic heterocycles. The highest BCUT2D eigenvalue weighted by molar-refractivity contribution is 5.70. The molecule has 2 N–H and O–H groups in total. The number of rotatable bonds is 5. The minimum Gasteiger partial charge on any atom is -0.496 e. The van der Waals surface area contributed by atoms with E-state index in [1.165, 1.54) is 19.2 Å². The standard InChI is InChI=1S/C13H16N2O5/c1-20-12-6-10(5-11(7-12)15(18)19)14-9-3-2-8(4-9)13(16)17/h5-9,14H,2-4H2,1H3,(H,16,17)/t8-,9+/m1/s1. The molecule has 20 heavy (non-hydrogen) atoms. The number of nitrogens with one attached hydrogen (secondary N) is 1. The lowest BCUT2D eigenvalue weighted by Crippen LogP contribution is -2.18. The summed E-state index contributed by atoms with van der Waals surface area (Å²) >= 11 is 0. The summed E-state index contributed by atoms with van der Waals surface area (Å²) in [5.41, 5.74) is 0.520. The van der Waals surface area contributed by atoms with E-state index in [-0.39, 0.29) is 17.6 Å². The number of carboxylic acid groups (broad SMARTS) is 1. The van der Waals surface area contributed by atoms with Crippen molar-refractivity contribution in [3.63, 3.8) is 0 Å². The molecule has 7 heteroatoms. The maximum Gasteiger partial charge on any atom is 0.306 e. The predicted octanol–water partition coefficient (Wildman–Crippen LogP) is 2.27. The summed E-state index contributed by atoms with van der Waals surface area (Å²) in [5, 5.41) is 23.0. The number of anilines is 1. The van der Waals surface area contributed by atoms with Crippen molar-refractivity contribution in [3.05, 3.63) is 28.3 Å². The van der Waals surface area contributed by atoms with Crippen LogP contribution in [0.4, 0.5) is 11.4 Å². The fraction of sp³-hybridized carbons (Fsp3) is 0.462. The Hall–Kier alpha value is -2.31. The van der Waals surface area contributed by atoms with Gasteiger partial charge in [0.1, 0.15) is 5.75 Å². The average molecular weight is 280 g/mol. The summed E-state index contributed by atoms with van der Waals surface area (Å²) in [6, 6.07) is 4.46. The van der Waals surface area contributed by atoms with E-state index >= 15 is 0 Å². The van der Waals surface area contributed by atoms with Crippen LogP contribution in [-0.4, -0.2) is 29.2 Å². The fourth-order valence-electron chi connectivity index (χ4n) is 2.46. The third-order valence-electron chi connectivity index (χ3n) is 3.49. The van der Waals surface area contributed by atoms with Gasteiger partial charge in [0.05, 0.1) is 24.0 Å². The zero-order valence-electron chi connectivity index (χ0n) is 11.0. The minimum absolute atomic E-state index is 0.0165. The summed E-state index contributed by atoms with van der Waals surface area (Å²) < 4.78 is 5.03. The van der Waals surface area contributed by atoms with Gasteiger partial charge in [-0.15, -0.1) is 0 Å². The molecule has 1 aromatic carbocycles. The smallest absolute Gasteiger partial charge is 0.306 e. The van der Waals surface area contributed by atoms with E-state index in [1.54, 1.807) is 6.07 Å². The van der Waals surface area contributed by atoms with Gasteiger partial charge in [0.15, 0.2) is 0 Å². The van der Waals surface area contributed by atoms with Crippen LogP contribution in [0.15, 0.2) is 18.2 Å². The molecule has 0 saturated heterocycles. The van der Waals surface area contributed by atoms with Gasteiger partial charge in [-0.1, -0.05) is 0 Å². The van der Waals surface area contributed by atoms with Gasteiger partial charge in [0.2, 0.25) is 0 Å². The number of nitrogens with zero attached hydrogens (tertiary/aromatic N) is 1. The van der Waals surface area contributed by atoms with E-state index in [4.69, 9.17) is 9.84 Å². The van der Waals surface area contributed by atoms with Crippen LogP contribution in [0, 0.1) is 16.0 Å². The molecule has 0 bridgehead atoms. The van der Waals surface area contributed by atoms with Crippen molar-refractivity contribution in [3.8, 4) is 5.75 Å². The van der Waals surface area contributed by atoms with Crippen LogP contribution in [0.2, 0.25) is 0 Å². The number of nitro benzene ring substituents is 1. The van der Waals surface area contributed by atoms with E-state index in [2.05, 4.69) is 5.32 Å². The van der Waals surface area contributed by atoms with Crippen molar-refractivity contribution >= 4 is 17.3 Å².